The van der Waals surface area contributed by atoms with Gasteiger partial charge in [-0.25, -0.2) is 4.98 Å². The van der Waals surface area contributed by atoms with Crippen LogP contribution in [0.2, 0.25) is 0 Å². The van der Waals surface area contributed by atoms with Gasteiger partial charge in [0.1, 0.15) is 23.1 Å². The summed E-state index contributed by atoms with van der Waals surface area (Å²) in [4.78, 5) is 22.5. The van der Waals surface area contributed by atoms with Crippen molar-refractivity contribution < 1.29 is 14.3 Å². The molecule has 1 fully saturated rings. The zero-order chi connectivity index (χ0) is 22.3. The average Bonchev–Trinajstić information content (AvgIpc) is 3.47. The third-order valence-corrected chi connectivity index (χ3v) is 5.83. The van der Waals surface area contributed by atoms with E-state index in [2.05, 4.69) is 20.4 Å². The van der Waals surface area contributed by atoms with Crippen LogP contribution < -0.4 is 14.8 Å². The Morgan fingerprint density at radius 1 is 1.25 bits per heavy atom. The molecule has 0 radical (unpaired) electrons. The van der Waals surface area contributed by atoms with Gasteiger partial charge in [0, 0.05) is 30.8 Å². The number of amides is 1. The van der Waals surface area contributed by atoms with E-state index in [0.717, 1.165) is 42.5 Å². The van der Waals surface area contributed by atoms with Crippen LogP contribution >= 0.6 is 0 Å². The normalized spacial score (nSPS) is 17.1. The van der Waals surface area contributed by atoms with E-state index < -0.39 is 0 Å². The Bertz CT molecular complexity index is 1160. The minimum atomic E-state index is -0.353. The molecule has 3 aromatic rings. The molecule has 0 unspecified atom stereocenters. The van der Waals surface area contributed by atoms with Gasteiger partial charge in [0.15, 0.2) is 0 Å². The number of ether oxygens (including phenoxy) is 2. The van der Waals surface area contributed by atoms with E-state index in [0.29, 0.717) is 29.6 Å². The first-order valence-corrected chi connectivity index (χ1v) is 11.0. The number of anilines is 1. The Labute approximate surface area is 187 Å². The first-order valence-electron chi connectivity index (χ1n) is 11.0. The zero-order valence-corrected chi connectivity index (χ0v) is 18.6. The van der Waals surface area contributed by atoms with E-state index in [9.17, 15) is 4.79 Å². The second kappa shape index (κ2) is 7.93. The average molecular weight is 434 g/mol. The first-order chi connectivity index (χ1) is 15.4. The number of nitrogens with zero attached hydrogens (tertiary/aromatic N) is 4. The Hall–Kier alpha value is -3.42. The number of rotatable bonds is 5. The number of carbonyl (C=O) groups is 1. The standard InChI is InChI=1S/C24H27N5O3/c1-24(2)12-15-11-18(23(28-22(15)32-24)31-17-7-4-5-8-17)21(30)27-20-10-6-9-19(26-20)16-13-25-29(3)14-16/h6,9-11,13-14,17H,4-5,7-8,12H2,1-3H3,(H,26,27,30). The molecule has 32 heavy (non-hydrogen) atoms. The van der Waals surface area contributed by atoms with Gasteiger partial charge >= 0.3 is 0 Å². The van der Waals surface area contributed by atoms with Crippen molar-refractivity contribution in [2.75, 3.05) is 5.32 Å². The maximum absolute atomic E-state index is 13.3. The summed E-state index contributed by atoms with van der Waals surface area (Å²) in [5, 5.41) is 7.10. The molecule has 8 nitrogen and oxygen atoms in total. The number of hydrogen-bond donors (Lipinski definition) is 1. The number of pyridine rings is 2. The number of aromatic nitrogens is 4. The van der Waals surface area contributed by atoms with Crippen molar-refractivity contribution in [1.82, 2.24) is 19.7 Å². The van der Waals surface area contributed by atoms with Crippen LogP contribution in [0.4, 0.5) is 5.82 Å². The molecule has 1 saturated carbocycles. The summed E-state index contributed by atoms with van der Waals surface area (Å²) in [6, 6.07) is 7.36. The highest BCUT2D eigenvalue weighted by Gasteiger charge is 2.34. The van der Waals surface area contributed by atoms with Crippen LogP contribution in [0.25, 0.3) is 11.3 Å². The summed E-state index contributed by atoms with van der Waals surface area (Å²) in [6.07, 6.45) is 8.60. The lowest BCUT2D eigenvalue weighted by Gasteiger charge is -2.17. The Morgan fingerprint density at radius 3 is 2.81 bits per heavy atom. The van der Waals surface area contributed by atoms with Crippen molar-refractivity contribution in [1.29, 1.82) is 0 Å². The molecule has 0 saturated heterocycles. The molecule has 4 heterocycles. The van der Waals surface area contributed by atoms with Crippen molar-refractivity contribution in [2.45, 2.75) is 57.7 Å². The van der Waals surface area contributed by atoms with Gasteiger partial charge in [0.05, 0.1) is 11.9 Å². The third kappa shape index (κ3) is 4.17. The van der Waals surface area contributed by atoms with Gasteiger partial charge in [0.25, 0.3) is 5.91 Å². The van der Waals surface area contributed by atoms with Gasteiger partial charge in [-0.15, -0.1) is 0 Å². The minimum Gasteiger partial charge on any atom is -0.474 e. The lowest BCUT2D eigenvalue weighted by atomic mass is 10.0. The van der Waals surface area contributed by atoms with Crippen LogP contribution in [0.5, 0.6) is 11.8 Å². The smallest absolute Gasteiger partial charge is 0.262 e. The summed E-state index contributed by atoms with van der Waals surface area (Å²) in [5.74, 6) is 1.04. The molecule has 0 bridgehead atoms. The van der Waals surface area contributed by atoms with Crippen molar-refractivity contribution in [3.63, 3.8) is 0 Å². The van der Waals surface area contributed by atoms with Crippen molar-refractivity contribution in [2.24, 2.45) is 7.05 Å². The first kappa shape index (κ1) is 20.5. The highest BCUT2D eigenvalue weighted by molar-refractivity contribution is 6.05. The molecular weight excluding hydrogens is 406 g/mol. The molecular formula is C24H27N5O3. The lowest BCUT2D eigenvalue weighted by Crippen LogP contribution is -2.24. The lowest BCUT2D eigenvalue weighted by molar-refractivity contribution is 0.101. The summed E-state index contributed by atoms with van der Waals surface area (Å²) in [7, 11) is 1.85. The van der Waals surface area contributed by atoms with Gasteiger partial charge in [-0.1, -0.05) is 6.07 Å². The second-order valence-corrected chi connectivity index (χ2v) is 9.13. The zero-order valence-electron chi connectivity index (χ0n) is 18.6. The van der Waals surface area contributed by atoms with Crippen LogP contribution in [0, 0.1) is 0 Å². The Kier molecular flexibility index (Phi) is 5.07. The fourth-order valence-electron chi connectivity index (χ4n) is 4.31. The molecule has 2 aliphatic rings. The molecule has 166 valence electrons. The molecule has 8 heteroatoms. The van der Waals surface area contributed by atoms with Crippen LogP contribution in [0.3, 0.4) is 0 Å². The summed E-state index contributed by atoms with van der Waals surface area (Å²) >= 11 is 0. The van der Waals surface area contributed by atoms with E-state index in [4.69, 9.17) is 9.47 Å². The molecule has 5 rings (SSSR count). The fourth-order valence-corrected chi connectivity index (χ4v) is 4.31. The van der Waals surface area contributed by atoms with Crippen LogP contribution in [0.15, 0.2) is 36.7 Å². The number of aryl methyl sites for hydroxylation is 1. The number of hydrogen-bond acceptors (Lipinski definition) is 6. The van der Waals surface area contributed by atoms with E-state index in [-0.39, 0.29) is 17.6 Å². The third-order valence-electron chi connectivity index (χ3n) is 5.83. The second-order valence-electron chi connectivity index (χ2n) is 9.13. The monoisotopic (exact) mass is 433 g/mol. The van der Waals surface area contributed by atoms with Crippen molar-refractivity contribution >= 4 is 11.7 Å². The molecule has 1 aliphatic heterocycles. The van der Waals surface area contributed by atoms with E-state index in [1.165, 1.54) is 0 Å². The molecule has 0 aromatic carbocycles. The number of nitrogens with one attached hydrogen (secondary N) is 1. The van der Waals surface area contributed by atoms with Crippen molar-refractivity contribution in [3.8, 4) is 23.0 Å². The summed E-state index contributed by atoms with van der Waals surface area (Å²) in [6.45, 7) is 4.03. The predicted octanol–water partition coefficient (Wildman–Crippen LogP) is 4.16. The van der Waals surface area contributed by atoms with Gasteiger partial charge in [-0.3, -0.25) is 9.48 Å². The highest BCUT2D eigenvalue weighted by atomic mass is 16.5. The molecule has 1 N–H and O–H groups in total. The Balaban J connectivity index is 1.44. The topological polar surface area (TPSA) is 91.2 Å². The predicted molar refractivity (Wildman–Crippen MR) is 120 cm³/mol. The van der Waals surface area contributed by atoms with E-state index in [1.54, 1.807) is 16.9 Å². The molecule has 3 aromatic heterocycles. The quantitative estimate of drug-likeness (QED) is 0.650. The van der Waals surface area contributed by atoms with Gasteiger partial charge in [-0.05, 0) is 57.7 Å². The summed E-state index contributed by atoms with van der Waals surface area (Å²) in [5.41, 5.74) is 2.59. The minimum absolute atomic E-state index is 0.0774. The fraction of sp³-hybridized carbons (Fsp3) is 0.417. The van der Waals surface area contributed by atoms with Gasteiger partial charge in [-0.2, -0.15) is 10.1 Å². The summed E-state index contributed by atoms with van der Waals surface area (Å²) < 4.78 is 13.9. The van der Waals surface area contributed by atoms with E-state index >= 15 is 0 Å². The maximum Gasteiger partial charge on any atom is 0.262 e. The van der Waals surface area contributed by atoms with E-state index in [1.807, 2.05) is 45.3 Å². The van der Waals surface area contributed by atoms with Crippen LogP contribution in [0.1, 0.15) is 55.5 Å². The van der Waals surface area contributed by atoms with Crippen molar-refractivity contribution in [3.05, 3.63) is 47.8 Å². The van der Waals surface area contributed by atoms with Crippen LogP contribution in [-0.4, -0.2) is 37.4 Å². The Morgan fingerprint density at radius 2 is 2.06 bits per heavy atom. The number of carbonyl (C=O) groups excluding carboxylic acids is 1. The largest absolute Gasteiger partial charge is 0.474 e. The SMILES string of the molecule is Cn1cc(-c2cccc(NC(=O)c3cc4c(nc3OC3CCCC3)OC(C)(C)C4)n2)cn1. The highest BCUT2D eigenvalue weighted by Crippen LogP contribution is 2.37. The maximum atomic E-state index is 13.3. The van der Waals surface area contributed by atoms with Crippen LogP contribution in [-0.2, 0) is 13.5 Å². The molecule has 1 amide bonds. The molecule has 0 spiro atoms. The van der Waals surface area contributed by atoms with Gasteiger partial charge < -0.3 is 14.8 Å². The molecule has 1 aliphatic carbocycles. The van der Waals surface area contributed by atoms with Gasteiger partial charge in [0.2, 0.25) is 11.8 Å². The molecule has 0 atom stereocenters. The number of fused-ring (bicyclic) bond motifs is 1.